The monoisotopic (exact) mass is 318 g/mol. The molecule has 1 N–H and O–H groups in total. The van der Waals surface area contributed by atoms with E-state index < -0.39 is 23.6 Å². The van der Waals surface area contributed by atoms with E-state index in [1.165, 1.54) is 6.07 Å². The minimum Gasteiger partial charge on any atom is -0.485 e. The Morgan fingerprint density at radius 3 is 2.78 bits per heavy atom. The molecule has 0 bridgehead atoms. The van der Waals surface area contributed by atoms with Crippen molar-refractivity contribution in [2.45, 2.75) is 6.10 Å². The fraction of sp³-hybridized carbons (Fsp3) is 0.125. The topological polar surface area (TPSA) is 59.9 Å². The third-order valence-electron chi connectivity index (χ3n) is 3.14. The first-order chi connectivity index (χ1) is 11.1. The number of nitrogens with one attached hydrogen (secondary N) is 1. The maximum absolute atomic E-state index is 13.4. The number of amides is 1. The van der Waals surface area contributed by atoms with Crippen LogP contribution in [-0.2, 0) is 4.79 Å². The van der Waals surface area contributed by atoms with E-state index in [2.05, 4.69) is 10.5 Å². The van der Waals surface area contributed by atoms with Crippen LogP contribution in [0.5, 0.6) is 11.5 Å². The Morgan fingerprint density at radius 2 is 2.00 bits per heavy atom. The Morgan fingerprint density at radius 1 is 1.22 bits per heavy atom. The maximum Gasteiger partial charge on any atom is 0.284 e. The van der Waals surface area contributed by atoms with Crippen LogP contribution in [0, 0.1) is 11.6 Å². The summed E-state index contributed by atoms with van der Waals surface area (Å²) in [6.45, 7) is 0.0449. The summed E-state index contributed by atoms with van der Waals surface area (Å²) in [5.74, 6) is -0.955. The number of hydrogen-bond acceptors (Lipinski definition) is 4. The summed E-state index contributed by atoms with van der Waals surface area (Å²) in [5.41, 5.74) is 2.29. The number of rotatable bonds is 3. The minimum absolute atomic E-state index is 0.0449. The Labute approximate surface area is 130 Å². The average Bonchev–Trinajstić information content (AvgIpc) is 2.56. The number of benzene rings is 2. The standard InChI is InChI=1S/C16H12F2N2O3/c17-11-6-5-10(12(18)7-11)8-19-20-16(21)15-9-22-13-3-1-2-4-14(13)23-15/h1-8,15H,9H2,(H,20,21)/b19-8-/t15-/m0/s1. The van der Waals surface area contributed by atoms with Crippen molar-refractivity contribution in [1.82, 2.24) is 5.43 Å². The van der Waals surface area contributed by atoms with Gasteiger partial charge in [-0.05, 0) is 24.3 Å². The summed E-state index contributed by atoms with van der Waals surface area (Å²) in [4.78, 5) is 12.0. The van der Waals surface area contributed by atoms with E-state index in [9.17, 15) is 13.6 Å². The highest BCUT2D eigenvalue weighted by molar-refractivity contribution is 5.85. The molecule has 0 aliphatic carbocycles. The summed E-state index contributed by atoms with van der Waals surface area (Å²) >= 11 is 0. The van der Waals surface area contributed by atoms with Gasteiger partial charge in [-0.15, -0.1) is 0 Å². The molecule has 1 heterocycles. The molecule has 5 nitrogen and oxygen atoms in total. The maximum atomic E-state index is 13.4. The van der Waals surface area contributed by atoms with E-state index in [-0.39, 0.29) is 12.2 Å². The Bertz CT molecular complexity index is 765. The van der Waals surface area contributed by atoms with Gasteiger partial charge in [0, 0.05) is 11.6 Å². The van der Waals surface area contributed by atoms with Crippen LogP contribution in [0.4, 0.5) is 8.78 Å². The van der Waals surface area contributed by atoms with Crippen LogP contribution in [0.15, 0.2) is 47.6 Å². The van der Waals surface area contributed by atoms with Crippen LogP contribution < -0.4 is 14.9 Å². The fourth-order valence-corrected chi connectivity index (χ4v) is 1.99. The van der Waals surface area contributed by atoms with E-state index in [1.54, 1.807) is 24.3 Å². The van der Waals surface area contributed by atoms with Gasteiger partial charge in [0.15, 0.2) is 11.5 Å². The van der Waals surface area contributed by atoms with Crippen molar-refractivity contribution in [1.29, 1.82) is 0 Å². The number of ether oxygens (including phenoxy) is 2. The van der Waals surface area contributed by atoms with Gasteiger partial charge in [-0.25, -0.2) is 14.2 Å². The van der Waals surface area contributed by atoms with Gasteiger partial charge in [0.2, 0.25) is 6.10 Å². The van der Waals surface area contributed by atoms with Crippen molar-refractivity contribution in [3.05, 3.63) is 59.7 Å². The molecule has 2 aromatic rings. The van der Waals surface area contributed by atoms with Crippen LogP contribution in [0.25, 0.3) is 0 Å². The number of hydrogen-bond donors (Lipinski definition) is 1. The zero-order chi connectivity index (χ0) is 16.2. The van der Waals surface area contributed by atoms with E-state index in [4.69, 9.17) is 9.47 Å². The minimum atomic E-state index is -0.861. The van der Waals surface area contributed by atoms with Crippen molar-refractivity contribution >= 4 is 12.1 Å². The van der Waals surface area contributed by atoms with Crippen molar-refractivity contribution in [2.75, 3.05) is 6.61 Å². The molecule has 1 aliphatic rings. The first-order valence-corrected chi connectivity index (χ1v) is 6.80. The van der Waals surface area contributed by atoms with Gasteiger partial charge in [-0.2, -0.15) is 5.10 Å². The molecule has 0 unspecified atom stereocenters. The van der Waals surface area contributed by atoms with Gasteiger partial charge in [0.25, 0.3) is 5.91 Å². The van der Waals surface area contributed by atoms with Gasteiger partial charge in [0.05, 0.1) is 6.21 Å². The number of fused-ring (bicyclic) bond motifs is 1. The van der Waals surface area contributed by atoms with Crippen molar-refractivity contribution in [3.63, 3.8) is 0 Å². The lowest BCUT2D eigenvalue weighted by molar-refractivity contribution is -0.130. The third-order valence-corrected chi connectivity index (χ3v) is 3.14. The molecule has 118 valence electrons. The van der Waals surface area contributed by atoms with E-state index in [0.29, 0.717) is 11.5 Å². The number of halogens is 2. The molecule has 0 spiro atoms. The molecule has 0 aromatic heterocycles. The molecule has 23 heavy (non-hydrogen) atoms. The smallest absolute Gasteiger partial charge is 0.284 e. The molecule has 1 amide bonds. The second kappa shape index (κ2) is 6.43. The van der Waals surface area contributed by atoms with E-state index in [1.807, 2.05) is 0 Å². The summed E-state index contributed by atoms with van der Waals surface area (Å²) in [5, 5.41) is 3.64. The zero-order valence-corrected chi connectivity index (χ0v) is 11.8. The highest BCUT2D eigenvalue weighted by Gasteiger charge is 2.26. The number of hydrazone groups is 1. The quantitative estimate of drug-likeness (QED) is 0.697. The van der Waals surface area contributed by atoms with Crippen LogP contribution in [0.2, 0.25) is 0 Å². The van der Waals surface area contributed by atoms with Gasteiger partial charge < -0.3 is 9.47 Å². The van der Waals surface area contributed by atoms with E-state index >= 15 is 0 Å². The Balaban J connectivity index is 1.61. The summed E-state index contributed by atoms with van der Waals surface area (Å²) < 4.78 is 37.1. The first-order valence-electron chi connectivity index (χ1n) is 6.80. The SMILES string of the molecule is O=C(N/N=C\c1ccc(F)cc1F)[C@@H]1COc2ccccc2O1. The molecular weight excluding hydrogens is 306 g/mol. The molecular formula is C16H12F2N2O3. The van der Waals surface area contributed by atoms with Crippen LogP contribution >= 0.6 is 0 Å². The van der Waals surface area contributed by atoms with Gasteiger partial charge in [-0.1, -0.05) is 12.1 Å². The van der Waals surface area contributed by atoms with Crippen molar-refractivity contribution in [3.8, 4) is 11.5 Å². The second-order valence-corrected chi connectivity index (χ2v) is 4.76. The second-order valence-electron chi connectivity index (χ2n) is 4.76. The molecule has 0 saturated carbocycles. The molecule has 1 atom stereocenters. The Kier molecular flexibility index (Phi) is 4.18. The summed E-state index contributed by atoms with van der Waals surface area (Å²) in [7, 11) is 0. The largest absolute Gasteiger partial charge is 0.485 e. The molecule has 7 heteroatoms. The number of nitrogens with zero attached hydrogens (tertiary/aromatic N) is 1. The highest BCUT2D eigenvalue weighted by Crippen LogP contribution is 2.30. The molecule has 0 saturated heterocycles. The third kappa shape index (κ3) is 3.45. The predicted molar refractivity (Wildman–Crippen MR) is 78.4 cm³/mol. The van der Waals surface area contributed by atoms with Gasteiger partial charge >= 0.3 is 0 Å². The summed E-state index contributed by atoms with van der Waals surface area (Å²) in [6.07, 6.45) is 0.227. The van der Waals surface area contributed by atoms with Crippen molar-refractivity contribution in [2.24, 2.45) is 5.10 Å². The normalized spacial score (nSPS) is 16.3. The van der Waals surface area contributed by atoms with Crippen LogP contribution in [0.1, 0.15) is 5.56 Å². The van der Waals surface area contributed by atoms with Gasteiger partial charge in [-0.3, -0.25) is 4.79 Å². The van der Waals surface area contributed by atoms with Crippen LogP contribution in [0.3, 0.4) is 0 Å². The van der Waals surface area contributed by atoms with Crippen molar-refractivity contribution < 1.29 is 23.0 Å². The highest BCUT2D eigenvalue weighted by atomic mass is 19.1. The average molecular weight is 318 g/mol. The van der Waals surface area contributed by atoms with Crippen LogP contribution in [-0.4, -0.2) is 24.8 Å². The molecule has 1 aliphatic heterocycles. The summed E-state index contributed by atoms with van der Waals surface area (Å²) in [6, 6.07) is 10.0. The van der Waals surface area contributed by atoms with Gasteiger partial charge in [0.1, 0.15) is 18.2 Å². The van der Waals surface area contributed by atoms with E-state index in [0.717, 1.165) is 18.3 Å². The lowest BCUT2D eigenvalue weighted by Crippen LogP contribution is -2.42. The molecule has 2 aromatic carbocycles. The lowest BCUT2D eigenvalue weighted by atomic mass is 10.2. The molecule has 0 fully saturated rings. The zero-order valence-electron chi connectivity index (χ0n) is 11.8. The molecule has 0 radical (unpaired) electrons. The first kappa shape index (κ1) is 15.0. The number of para-hydroxylation sites is 2. The Hall–Kier alpha value is -2.96. The predicted octanol–water partition coefficient (Wildman–Crippen LogP) is 2.25. The number of carbonyl (C=O) groups is 1. The molecule has 3 rings (SSSR count). The number of carbonyl (C=O) groups excluding carboxylic acids is 1. The lowest BCUT2D eigenvalue weighted by Gasteiger charge is -2.24. The fourth-order valence-electron chi connectivity index (χ4n) is 1.99.